The molecule has 1 saturated heterocycles. The molecule has 0 bridgehead atoms. The number of rotatable bonds is 0. The van der Waals surface area contributed by atoms with E-state index in [0.717, 1.165) is 24.0 Å². The number of carbonyl (C=O) groups is 2. The first-order valence-corrected chi connectivity index (χ1v) is 6.03. The van der Waals surface area contributed by atoms with Crippen LogP contribution in [0.3, 0.4) is 0 Å². The zero-order chi connectivity index (χ0) is 11.8. The van der Waals surface area contributed by atoms with E-state index in [9.17, 15) is 9.59 Å². The molecule has 3 nitrogen and oxygen atoms in total. The first-order valence-electron chi connectivity index (χ1n) is 6.03. The maximum absolute atomic E-state index is 12.1. The van der Waals surface area contributed by atoms with Gasteiger partial charge in [-0.25, -0.2) is 0 Å². The number of fused-ring (bicyclic) bond motifs is 2. The van der Waals surface area contributed by atoms with Crippen LogP contribution in [0, 0.1) is 11.8 Å². The van der Waals surface area contributed by atoms with Crippen LogP contribution in [0.5, 0.6) is 0 Å². The van der Waals surface area contributed by atoms with Crippen LogP contribution in [0.15, 0.2) is 24.3 Å². The molecule has 0 saturated carbocycles. The van der Waals surface area contributed by atoms with Crippen LogP contribution < -0.4 is 0 Å². The maximum Gasteiger partial charge on any atom is 0.309 e. The zero-order valence-corrected chi connectivity index (χ0v) is 9.52. The molecule has 3 heteroatoms. The third kappa shape index (κ3) is 1.75. The molecule has 0 amide bonds. The van der Waals surface area contributed by atoms with Gasteiger partial charge in [-0.15, -0.1) is 0 Å². The summed E-state index contributed by atoms with van der Waals surface area (Å²) in [5.41, 5.74) is 1.89. The normalized spacial score (nSPS) is 27.8. The van der Waals surface area contributed by atoms with Crippen molar-refractivity contribution in [3.05, 3.63) is 35.4 Å². The second kappa shape index (κ2) is 3.99. The molecular weight excluding hydrogens is 216 g/mol. The molecule has 2 unspecified atom stereocenters. The number of ether oxygens (including phenoxy) is 1. The van der Waals surface area contributed by atoms with Crippen molar-refractivity contribution in [2.24, 2.45) is 11.8 Å². The molecule has 1 aromatic carbocycles. The average Bonchev–Trinajstić information content (AvgIpc) is 2.66. The van der Waals surface area contributed by atoms with E-state index in [4.69, 9.17) is 4.74 Å². The Bertz CT molecular complexity index is 478. The molecule has 3 rings (SSSR count). The van der Waals surface area contributed by atoms with Crippen molar-refractivity contribution in [3.63, 3.8) is 0 Å². The van der Waals surface area contributed by atoms with E-state index in [1.807, 2.05) is 24.3 Å². The van der Waals surface area contributed by atoms with Crippen molar-refractivity contribution in [2.75, 3.05) is 6.61 Å². The number of Topliss-reactive ketones (excluding diaryl/α,β-unsaturated/α-hetero) is 1. The Labute approximate surface area is 99.8 Å². The first kappa shape index (κ1) is 10.5. The molecular formula is C14H14O3. The fourth-order valence-electron chi connectivity index (χ4n) is 2.80. The summed E-state index contributed by atoms with van der Waals surface area (Å²) in [6.07, 6.45) is 2.10. The second-order valence-electron chi connectivity index (χ2n) is 4.82. The SMILES string of the molecule is O=C1CC2C(=O)OCC2CCc2ccccc21. The van der Waals surface area contributed by atoms with Gasteiger partial charge in [0.25, 0.3) is 0 Å². The highest BCUT2D eigenvalue weighted by Gasteiger charge is 2.39. The lowest BCUT2D eigenvalue weighted by atomic mass is 9.81. The third-order valence-electron chi connectivity index (χ3n) is 3.82. The van der Waals surface area contributed by atoms with Crippen molar-refractivity contribution in [1.29, 1.82) is 0 Å². The van der Waals surface area contributed by atoms with Crippen LogP contribution in [0.1, 0.15) is 28.8 Å². The van der Waals surface area contributed by atoms with Crippen molar-refractivity contribution in [2.45, 2.75) is 19.3 Å². The Morgan fingerprint density at radius 1 is 1.18 bits per heavy atom. The summed E-state index contributed by atoms with van der Waals surface area (Å²) in [5.74, 6) is -0.104. The Morgan fingerprint density at radius 3 is 2.88 bits per heavy atom. The van der Waals surface area contributed by atoms with Gasteiger partial charge in [0.2, 0.25) is 0 Å². The molecule has 0 radical (unpaired) electrons. The number of cyclic esters (lactones) is 1. The highest BCUT2D eigenvalue weighted by Crippen LogP contribution is 2.33. The van der Waals surface area contributed by atoms with Gasteiger partial charge in [-0.1, -0.05) is 24.3 Å². The van der Waals surface area contributed by atoms with E-state index >= 15 is 0 Å². The molecule has 1 aliphatic heterocycles. The van der Waals surface area contributed by atoms with Crippen LogP contribution in [0.2, 0.25) is 0 Å². The molecule has 1 heterocycles. The second-order valence-corrected chi connectivity index (χ2v) is 4.82. The third-order valence-corrected chi connectivity index (χ3v) is 3.82. The molecule has 2 atom stereocenters. The van der Waals surface area contributed by atoms with Gasteiger partial charge in [-0.3, -0.25) is 9.59 Å². The molecule has 1 fully saturated rings. The summed E-state index contributed by atoms with van der Waals surface area (Å²) in [6.45, 7) is 0.485. The van der Waals surface area contributed by atoms with Crippen LogP contribution in [-0.2, 0) is 16.0 Å². The van der Waals surface area contributed by atoms with E-state index in [1.54, 1.807) is 0 Å². The van der Waals surface area contributed by atoms with Gasteiger partial charge in [0.1, 0.15) is 0 Å². The van der Waals surface area contributed by atoms with Crippen LogP contribution >= 0.6 is 0 Å². The zero-order valence-electron chi connectivity index (χ0n) is 9.52. The Hall–Kier alpha value is -1.64. The Balaban J connectivity index is 1.96. The lowest BCUT2D eigenvalue weighted by Crippen LogP contribution is -2.23. The van der Waals surface area contributed by atoms with Gasteiger partial charge in [-0.05, 0) is 18.4 Å². The molecule has 17 heavy (non-hydrogen) atoms. The summed E-state index contributed by atoms with van der Waals surface area (Å²) in [7, 11) is 0. The van der Waals surface area contributed by atoms with Crippen molar-refractivity contribution in [1.82, 2.24) is 0 Å². The minimum Gasteiger partial charge on any atom is -0.465 e. The number of esters is 1. The fraction of sp³-hybridized carbons (Fsp3) is 0.429. The van der Waals surface area contributed by atoms with Gasteiger partial charge in [0.15, 0.2) is 5.78 Å². The fourth-order valence-corrected chi connectivity index (χ4v) is 2.80. The van der Waals surface area contributed by atoms with E-state index in [0.29, 0.717) is 13.0 Å². The largest absolute Gasteiger partial charge is 0.465 e. The highest BCUT2D eigenvalue weighted by atomic mass is 16.5. The lowest BCUT2D eigenvalue weighted by molar-refractivity contribution is -0.141. The standard InChI is InChI=1S/C14H14O3/c15-13-7-12-10(8-17-14(12)16)6-5-9-3-1-2-4-11(9)13/h1-4,10,12H,5-8H2. The first-order chi connectivity index (χ1) is 8.25. The Morgan fingerprint density at radius 2 is 2.00 bits per heavy atom. The van der Waals surface area contributed by atoms with Crippen LogP contribution in [0.4, 0.5) is 0 Å². The number of ketones is 1. The van der Waals surface area contributed by atoms with Crippen molar-refractivity contribution < 1.29 is 14.3 Å². The number of carbonyl (C=O) groups excluding carboxylic acids is 2. The molecule has 2 aliphatic rings. The number of aryl methyl sites for hydroxylation is 1. The minimum atomic E-state index is -0.212. The quantitative estimate of drug-likeness (QED) is 0.640. The summed E-state index contributed by atoms with van der Waals surface area (Å²) in [4.78, 5) is 23.7. The lowest BCUT2D eigenvalue weighted by Gasteiger charge is -2.19. The minimum absolute atomic E-state index is 0.0779. The van der Waals surface area contributed by atoms with Crippen molar-refractivity contribution in [3.8, 4) is 0 Å². The summed E-state index contributed by atoms with van der Waals surface area (Å²) in [6, 6.07) is 7.70. The molecule has 0 spiro atoms. The van der Waals surface area contributed by atoms with E-state index in [2.05, 4.69) is 0 Å². The monoisotopic (exact) mass is 230 g/mol. The molecule has 1 aliphatic carbocycles. The average molecular weight is 230 g/mol. The van der Waals surface area contributed by atoms with Crippen LogP contribution in [-0.4, -0.2) is 18.4 Å². The van der Waals surface area contributed by atoms with Gasteiger partial charge in [-0.2, -0.15) is 0 Å². The van der Waals surface area contributed by atoms with E-state index in [1.165, 1.54) is 0 Å². The number of hydrogen-bond acceptors (Lipinski definition) is 3. The number of hydrogen-bond donors (Lipinski definition) is 0. The summed E-state index contributed by atoms with van der Waals surface area (Å²) >= 11 is 0. The number of benzene rings is 1. The topological polar surface area (TPSA) is 43.4 Å². The molecule has 0 aromatic heterocycles. The summed E-state index contributed by atoms with van der Waals surface area (Å²) in [5, 5.41) is 0. The van der Waals surface area contributed by atoms with Gasteiger partial charge < -0.3 is 4.74 Å². The summed E-state index contributed by atoms with van der Waals surface area (Å²) < 4.78 is 5.07. The molecule has 88 valence electrons. The van der Waals surface area contributed by atoms with Crippen LogP contribution in [0.25, 0.3) is 0 Å². The Kier molecular flexibility index (Phi) is 2.46. The van der Waals surface area contributed by atoms with E-state index < -0.39 is 0 Å². The molecule has 1 aromatic rings. The van der Waals surface area contributed by atoms with Crippen molar-refractivity contribution >= 4 is 11.8 Å². The van der Waals surface area contributed by atoms with Gasteiger partial charge in [0.05, 0.1) is 12.5 Å². The predicted octanol–water partition coefficient (Wildman–Crippen LogP) is 1.99. The molecule has 0 N–H and O–H groups in total. The highest BCUT2D eigenvalue weighted by molar-refractivity contribution is 5.99. The van der Waals surface area contributed by atoms with E-state index in [-0.39, 0.29) is 23.6 Å². The smallest absolute Gasteiger partial charge is 0.309 e. The maximum atomic E-state index is 12.1. The van der Waals surface area contributed by atoms with Gasteiger partial charge >= 0.3 is 5.97 Å². The predicted molar refractivity (Wildman–Crippen MR) is 61.6 cm³/mol. The van der Waals surface area contributed by atoms with Gasteiger partial charge in [0, 0.05) is 17.9 Å².